The molecule has 1 N–H and O–H groups in total. The minimum absolute atomic E-state index is 0.162. The van der Waals surface area contributed by atoms with Crippen LogP contribution in [0.1, 0.15) is 81.6 Å². The van der Waals surface area contributed by atoms with Gasteiger partial charge in [-0.1, -0.05) is 26.8 Å². The van der Waals surface area contributed by atoms with Crippen LogP contribution in [0.15, 0.2) is 23.3 Å². The Morgan fingerprint density at radius 1 is 1.14 bits per heavy atom. The van der Waals surface area contributed by atoms with Crippen LogP contribution in [0.4, 0.5) is 0 Å². The third-order valence-corrected chi connectivity index (χ3v) is 8.54. The van der Waals surface area contributed by atoms with Gasteiger partial charge >= 0.3 is 11.9 Å². The van der Waals surface area contributed by atoms with Gasteiger partial charge in [0.2, 0.25) is 0 Å². The molecular weight excluding hydrogens is 542 g/mol. The van der Waals surface area contributed by atoms with Crippen LogP contribution >= 0.6 is 0 Å². The third-order valence-electron chi connectivity index (χ3n) is 8.54. The average molecular weight is 596 g/mol. The molecule has 2 rings (SSSR count). The molecule has 1 saturated heterocycles. The number of cyclic esters (lactones) is 1. The van der Waals surface area contributed by atoms with Gasteiger partial charge in [0, 0.05) is 31.4 Å². The summed E-state index contributed by atoms with van der Waals surface area (Å²) in [6.07, 6.45) is 1.07. The van der Waals surface area contributed by atoms with E-state index >= 15 is 0 Å². The second kappa shape index (κ2) is 14.6. The molecule has 0 radical (unpaired) electrons. The van der Waals surface area contributed by atoms with E-state index in [1.54, 1.807) is 27.0 Å². The first-order valence-electron chi connectivity index (χ1n) is 14.9. The lowest BCUT2D eigenvalue weighted by molar-refractivity contribution is -0.297. The molecule has 10 heteroatoms. The number of aliphatic hydroxyl groups is 1. The fourth-order valence-electron chi connectivity index (χ4n) is 6.32. The summed E-state index contributed by atoms with van der Waals surface area (Å²) in [5.74, 6) is -2.12. The summed E-state index contributed by atoms with van der Waals surface area (Å²) in [7, 11) is 5.40. The van der Waals surface area contributed by atoms with Crippen LogP contribution in [0.5, 0.6) is 0 Å². The third kappa shape index (κ3) is 8.72. The molecule has 2 heterocycles. The number of methoxy groups -OCH3 is 1. The number of carbonyl (C=O) groups excluding carboxylic acids is 3. The van der Waals surface area contributed by atoms with Crippen LogP contribution in [-0.2, 0) is 38.1 Å². The Bertz CT molecular complexity index is 1040. The fourth-order valence-corrected chi connectivity index (χ4v) is 6.32. The van der Waals surface area contributed by atoms with Crippen molar-refractivity contribution in [3.05, 3.63) is 23.3 Å². The maximum atomic E-state index is 13.5. The zero-order valence-electron chi connectivity index (χ0n) is 27.6. The summed E-state index contributed by atoms with van der Waals surface area (Å²) in [6, 6.07) is -0.162. The van der Waals surface area contributed by atoms with Crippen LogP contribution in [0.3, 0.4) is 0 Å². The van der Waals surface area contributed by atoms with Crippen molar-refractivity contribution >= 4 is 17.7 Å². The van der Waals surface area contributed by atoms with Crippen molar-refractivity contribution in [1.82, 2.24) is 4.90 Å². The topological polar surface area (TPSA) is 121 Å². The van der Waals surface area contributed by atoms with Gasteiger partial charge < -0.3 is 33.7 Å². The van der Waals surface area contributed by atoms with Gasteiger partial charge in [-0.15, -0.1) is 0 Å². The number of nitrogens with zero attached hydrogens (tertiary/aromatic N) is 1. The number of Topliss-reactive ketones (excluding diaryl/α,β-unsaturated/α-hetero) is 1. The second-order valence-corrected chi connectivity index (χ2v) is 12.8. The molecule has 10 nitrogen and oxygen atoms in total. The van der Waals surface area contributed by atoms with E-state index in [4.69, 9.17) is 23.7 Å². The maximum absolute atomic E-state index is 13.5. The van der Waals surface area contributed by atoms with Crippen molar-refractivity contribution in [3.63, 3.8) is 0 Å². The lowest BCUT2D eigenvalue weighted by Gasteiger charge is -2.47. The molecule has 0 spiro atoms. The Labute approximate surface area is 251 Å². The van der Waals surface area contributed by atoms with E-state index < -0.39 is 59.6 Å². The van der Waals surface area contributed by atoms with Gasteiger partial charge in [0.25, 0.3) is 0 Å². The summed E-state index contributed by atoms with van der Waals surface area (Å²) < 4.78 is 30.6. The highest BCUT2D eigenvalue weighted by Gasteiger charge is 2.48. The van der Waals surface area contributed by atoms with E-state index in [1.807, 2.05) is 53.6 Å². The van der Waals surface area contributed by atoms with Crippen molar-refractivity contribution < 1.29 is 43.2 Å². The molecular formula is C32H53NO9. The molecule has 0 bridgehead atoms. The number of hydrogen-bond donors (Lipinski definition) is 1. The predicted molar refractivity (Wildman–Crippen MR) is 159 cm³/mol. The largest absolute Gasteiger partial charge is 0.456 e. The zero-order valence-corrected chi connectivity index (χ0v) is 27.6. The minimum Gasteiger partial charge on any atom is -0.456 e. The Kier molecular flexibility index (Phi) is 12.5. The van der Waals surface area contributed by atoms with E-state index in [-0.39, 0.29) is 24.3 Å². The van der Waals surface area contributed by atoms with E-state index in [1.165, 1.54) is 19.9 Å². The molecule has 1 fully saturated rings. The number of rotatable bonds is 6. The summed E-state index contributed by atoms with van der Waals surface area (Å²) in [5, 5.41) is 11.2. The van der Waals surface area contributed by atoms with Gasteiger partial charge in [-0.2, -0.15) is 0 Å². The van der Waals surface area contributed by atoms with Crippen LogP contribution < -0.4 is 0 Å². The molecule has 240 valence electrons. The second-order valence-electron chi connectivity index (χ2n) is 12.8. The zero-order chi connectivity index (χ0) is 32.2. The summed E-state index contributed by atoms with van der Waals surface area (Å²) >= 11 is 0. The van der Waals surface area contributed by atoms with E-state index in [0.29, 0.717) is 24.0 Å². The molecule has 0 aliphatic carbocycles. The standard InChI is InChI=1S/C32H53NO9/c1-13-25-31(8,37)16-20(4)26(35)21(5)17-32(9,38-12)28(18(2)14-19(3)29(36)41-25)42-30-27(40-23(7)34)24(33(10)11)15-22(6)39-30/h14,16,18,21-22,24-25,27-28,30,37H,13,15,17H2,1-12H3/b19-14+,20-16+/t18-,21+,22+,24-,25+,27+,28+,30-,31-,32+/m0/s1. The van der Waals surface area contributed by atoms with Crippen LogP contribution in [0.25, 0.3) is 0 Å². The Hall–Kier alpha value is -2.11. The summed E-state index contributed by atoms with van der Waals surface area (Å²) in [4.78, 5) is 40.9. The average Bonchev–Trinajstić information content (AvgIpc) is 2.88. The van der Waals surface area contributed by atoms with E-state index in [2.05, 4.69) is 0 Å². The van der Waals surface area contributed by atoms with Crippen molar-refractivity contribution in [2.24, 2.45) is 11.8 Å². The quantitative estimate of drug-likeness (QED) is 0.452. The van der Waals surface area contributed by atoms with Gasteiger partial charge in [-0.05, 0) is 79.6 Å². The number of ketones is 1. The molecule has 0 aromatic rings. The Morgan fingerprint density at radius 2 is 1.76 bits per heavy atom. The van der Waals surface area contributed by atoms with Crippen LogP contribution in [0, 0.1) is 11.8 Å². The van der Waals surface area contributed by atoms with Crippen molar-refractivity contribution in [1.29, 1.82) is 0 Å². The lowest BCUT2D eigenvalue weighted by Crippen LogP contribution is -2.59. The first-order chi connectivity index (χ1) is 19.4. The van der Waals surface area contributed by atoms with Gasteiger partial charge in [-0.3, -0.25) is 9.59 Å². The highest BCUT2D eigenvalue weighted by atomic mass is 16.7. The lowest BCUT2D eigenvalue weighted by atomic mass is 9.79. The van der Waals surface area contributed by atoms with E-state index in [9.17, 15) is 19.5 Å². The highest BCUT2D eigenvalue weighted by Crippen LogP contribution is 2.37. The number of likely N-dealkylation sites (N-methyl/N-ethyl adjacent to an activating group) is 1. The molecule has 0 saturated carbocycles. The molecule has 10 atom stereocenters. The SMILES string of the molecule is CC[C@H]1OC(=O)/C(C)=C/[C@H](C)[C@@H](O[C@@H]2O[C@H](C)C[C@H](N(C)C)[C@H]2OC(C)=O)[C@](C)(OC)C[C@@H](C)C(=O)/C(C)=C/[C@]1(C)O. The number of esters is 2. The van der Waals surface area contributed by atoms with Crippen LogP contribution in [0.2, 0.25) is 0 Å². The van der Waals surface area contributed by atoms with Gasteiger partial charge in [0.1, 0.15) is 11.7 Å². The minimum atomic E-state index is -1.54. The summed E-state index contributed by atoms with van der Waals surface area (Å²) in [6.45, 7) is 15.5. The van der Waals surface area contributed by atoms with Crippen LogP contribution in [-0.4, -0.2) is 96.9 Å². The predicted octanol–water partition coefficient (Wildman–Crippen LogP) is 3.98. The van der Waals surface area contributed by atoms with Crippen molar-refractivity contribution in [3.8, 4) is 0 Å². The molecule has 0 aromatic carbocycles. The molecule has 0 unspecified atom stereocenters. The first kappa shape index (κ1) is 36.1. The van der Waals surface area contributed by atoms with E-state index in [0.717, 1.165) is 0 Å². The van der Waals surface area contributed by atoms with Gasteiger partial charge in [0.05, 0.1) is 23.9 Å². The Balaban J connectivity index is 2.66. The maximum Gasteiger partial charge on any atom is 0.333 e. The smallest absolute Gasteiger partial charge is 0.333 e. The molecule has 0 aromatic heterocycles. The van der Waals surface area contributed by atoms with Gasteiger partial charge in [0.15, 0.2) is 18.2 Å². The summed E-state index contributed by atoms with van der Waals surface area (Å²) in [5.41, 5.74) is -1.87. The molecule has 0 amide bonds. The van der Waals surface area contributed by atoms with Gasteiger partial charge in [-0.25, -0.2) is 4.79 Å². The molecule has 2 aliphatic heterocycles. The molecule has 42 heavy (non-hydrogen) atoms. The van der Waals surface area contributed by atoms with Crippen molar-refractivity contribution in [2.45, 2.75) is 130 Å². The highest BCUT2D eigenvalue weighted by molar-refractivity contribution is 5.96. The van der Waals surface area contributed by atoms with Crippen molar-refractivity contribution in [2.75, 3.05) is 21.2 Å². The normalized spacial score (nSPS) is 41.7. The Morgan fingerprint density at radius 3 is 2.29 bits per heavy atom. The fraction of sp³-hybridized carbons (Fsp3) is 0.781. The number of hydrogen-bond acceptors (Lipinski definition) is 10. The number of ether oxygens (including phenoxy) is 5. The monoisotopic (exact) mass is 595 g/mol. The molecule has 2 aliphatic rings. The number of allylic oxidation sites excluding steroid dienone is 1. The number of carbonyl (C=O) groups is 3. The first-order valence-corrected chi connectivity index (χ1v) is 14.9.